The number of hydrogen-bond acceptors (Lipinski definition) is 5. The molecule has 2 N–H and O–H groups in total. The lowest BCUT2D eigenvalue weighted by Gasteiger charge is -2.25. The summed E-state index contributed by atoms with van der Waals surface area (Å²) in [6.07, 6.45) is 0. The van der Waals surface area contributed by atoms with Crippen LogP contribution in [-0.2, 0) is 15.1 Å². The maximum absolute atomic E-state index is 13.3. The van der Waals surface area contributed by atoms with Crippen molar-refractivity contribution in [3.63, 3.8) is 0 Å². The van der Waals surface area contributed by atoms with Crippen LogP contribution < -0.4 is 20.1 Å². The number of nitrogens with one attached hydrogen (secondary N) is 2. The Kier molecular flexibility index (Phi) is 4.76. The topological polar surface area (TPSA) is 97.0 Å². The van der Waals surface area contributed by atoms with Gasteiger partial charge in [-0.25, -0.2) is 13.6 Å². The summed E-state index contributed by atoms with van der Waals surface area (Å²) in [5, 5.41) is 4.85. The molecule has 0 aromatic heterocycles. The van der Waals surface area contributed by atoms with E-state index in [0.717, 1.165) is 17.0 Å². The number of ether oxygens (including phenoxy) is 2. The molecule has 0 saturated carbocycles. The normalized spacial score (nSPS) is 20.2. The zero-order chi connectivity index (χ0) is 21.5. The Hall–Kier alpha value is -3.69. The molecule has 1 saturated heterocycles. The largest absolute Gasteiger partial charge is 0.486 e. The van der Waals surface area contributed by atoms with E-state index in [9.17, 15) is 23.2 Å². The van der Waals surface area contributed by atoms with Crippen LogP contribution in [0.1, 0.15) is 12.5 Å². The van der Waals surface area contributed by atoms with Crippen molar-refractivity contribution in [3.05, 3.63) is 53.6 Å². The smallest absolute Gasteiger partial charge is 0.325 e. The molecular weight excluding hydrogens is 400 g/mol. The maximum Gasteiger partial charge on any atom is 0.325 e. The predicted octanol–water partition coefficient (Wildman–Crippen LogP) is 2.14. The molecule has 156 valence electrons. The number of carbonyl (C=O) groups is 3. The lowest BCUT2D eigenvalue weighted by Crippen LogP contribution is -2.42. The van der Waals surface area contributed by atoms with Crippen LogP contribution in [0.5, 0.6) is 11.5 Å². The van der Waals surface area contributed by atoms with Crippen molar-refractivity contribution in [2.45, 2.75) is 12.5 Å². The second-order valence-electron chi connectivity index (χ2n) is 7.01. The lowest BCUT2D eigenvalue weighted by atomic mass is 9.91. The van der Waals surface area contributed by atoms with E-state index in [4.69, 9.17) is 9.47 Å². The minimum atomic E-state index is -1.42. The van der Waals surface area contributed by atoms with Gasteiger partial charge in [-0.05, 0) is 36.8 Å². The van der Waals surface area contributed by atoms with Gasteiger partial charge in [0.15, 0.2) is 11.5 Å². The minimum absolute atomic E-state index is 0.126. The number of amides is 4. The van der Waals surface area contributed by atoms with Gasteiger partial charge in [0.2, 0.25) is 5.91 Å². The van der Waals surface area contributed by atoms with Crippen molar-refractivity contribution in [2.24, 2.45) is 0 Å². The maximum atomic E-state index is 13.3. The van der Waals surface area contributed by atoms with Crippen LogP contribution in [0.4, 0.5) is 19.3 Å². The van der Waals surface area contributed by atoms with E-state index in [1.807, 2.05) is 0 Å². The zero-order valence-corrected chi connectivity index (χ0v) is 15.8. The minimum Gasteiger partial charge on any atom is -0.486 e. The third-order valence-electron chi connectivity index (χ3n) is 4.84. The van der Waals surface area contributed by atoms with Crippen molar-refractivity contribution in [1.29, 1.82) is 0 Å². The molecule has 2 aliphatic rings. The van der Waals surface area contributed by atoms with Gasteiger partial charge in [-0.15, -0.1) is 0 Å². The van der Waals surface area contributed by atoms with E-state index in [1.54, 1.807) is 18.2 Å². The average Bonchev–Trinajstić information content (AvgIpc) is 2.91. The molecule has 0 radical (unpaired) electrons. The van der Waals surface area contributed by atoms with Gasteiger partial charge in [-0.1, -0.05) is 6.07 Å². The Balaban J connectivity index is 1.51. The number of anilines is 1. The Bertz CT molecular complexity index is 1040. The molecule has 30 heavy (non-hydrogen) atoms. The Morgan fingerprint density at radius 1 is 1.10 bits per heavy atom. The van der Waals surface area contributed by atoms with Crippen LogP contribution in [0, 0.1) is 11.6 Å². The molecule has 8 nitrogen and oxygen atoms in total. The number of urea groups is 1. The molecule has 2 aromatic rings. The van der Waals surface area contributed by atoms with Crippen molar-refractivity contribution in [3.8, 4) is 11.5 Å². The Morgan fingerprint density at radius 3 is 2.47 bits per heavy atom. The molecule has 0 spiro atoms. The molecule has 0 aliphatic carbocycles. The Labute approximate surface area is 169 Å². The number of halogens is 2. The predicted molar refractivity (Wildman–Crippen MR) is 100 cm³/mol. The summed E-state index contributed by atoms with van der Waals surface area (Å²) in [5.74, 6) is -2.19. The first-order valence-corrected chi connectivity index (χ1v) is 9.06. The summed E-state index contributed by atoms with van der Waals surface area (Å²) < 4.78 is 37.5. The molecule has 0 bridgehead atoms. The number of carbonyl (C=O) groups excluding carboxylic acids is 3. The van der Waals surface area contributed by atoms with Crippen molar-refractivity contribution < 1.29 is 32.6 Å². The monoisotopic (exact) mass is 417 g/mol. The third-order valence-corrected chi connectivity index (χ3v) is 4.84. The van der Waals surface area contributed by atoms with Crippen molar-refractivity contribution in [2.75, 3.05) is 25.1 Å². The van der Waals surface area contributed by atoms with E-state index >= 15 is 0 Å². The SMILES string of the molecule is CC1(c2ccc3c(c2)OCCO3)NC(=O)N(CC(=O)Nc2cc(F)cc(F)c2)C1=O. The summed E-state index contributed by atoms with van der Waals surface area (Å²) in [6, 6.07) is 6.61. The standard InChI is InChI=1S/C20H17F2N3O5/c1-20(11-2-3-15-16(6-11)30-5-4-29-15)18(27)25(19(28)24-20)10-17(26)23-14-8-12(21)7-13(22)9-14/h2-3,6-9H,4-5,10H2,1H3,(H,23,26)(H,24,28). The average molecular weight is 417 g/mol. The molecule has 2 aliphatic heterocycles. The fourth-order valence-electron chi connectivity index (χ4n) is 3.36. The van der Waals surface area contributed by atoms with E-state index in [1.165, 1.54) is 6.92 Å². The Morgan fingerprint density at radius 2 is 1.77 bits per heavy atom. The summed E-state index contributed by atoms with van der Waals surface area (Å²) in [4.78, 5) is 38.4. The van der Waals surface area contributed by atoms with Gasteiger partial charge in [0.05, 0.1) is 0 Å². The fourth-order valence-corrected chi connectivity index (χ4v) is 3.36. The van der Waals surface area contributed by atoms with Gasteiger partial charge < -0.3 is 20.1 Å². The highest BCUT2D eigenvalue weighted by molar-refractivity contribution is 6.10. The van der Waals surface area contributed by atoms with E-state index < -0.39 is 41.6 Å². The van der Waals surface area contributed by atoms with E-state index in [0.29, 0.717) is 36.3 Å². The molecule has 1 unspecified atom stereocenters. The summed E-state index contributed by atoms with van der Waals surface area (Å²) in [7, 11) is 0. The molecule has 2 heterocycles. The number of hydrogen-bond donors (Lipinski definition) is 2. The van der Waals surface area contributed by atoms with Crippen LogP contribution in [0.25, 0.3) is 0 Å². The van der Waals surface area contributed by atoms with E-state index in [-0.39, 0.29) is 5.69 Å². The quantitative estimate of drug-likeness (QED) is 0.743. The van der Waals surface area contributed by atoms with Gasteiger partial charge in [-0.2, -0.15) is 0 Å². The van der Waals surface area contributed by atoms with Crippen molar-refractivity contribution in [1.82, 2.24) is 10.2 Å². The molecule has 10 heteroatoms. The molecule has 4 rings (SSSR count). The van der Waals surface area contributed by atoms with Gasteiger partial charge in [0.1, 0.15) is 36.9 Å². The van der Waals surface area contributed by atoms with Gasteiger partial charge >= 0.3 is 6.03 Å². The molecule has 1 atom stereocenters. The number of imide groups is 1. The number of fused-ring (bicyclic) bond motifs is 1. The number of benzene rings is 2. The lowest BCUT2D eigenvalue weighted by molar-refractivity contribution is -0.133. The first-order valence-electron chi connectivity index (χ1n) is 9.06. The van der Waals surface area contributed by atoms with Crippen LogP contribution >= 0.6 is 0 Å². The van der Waals surface area contributed by atoms with Crippen LogP contribution in [0.3, 0.4) is 0 Å². The third kappa shape index (κ3) is 3.51. The zero-order valence-electron chi connectivity index (χ0n) is 15.8. The second kappa shape index (κ2) is 7.29. The second-order valence-corrected chi connectivity index (χ2v) is 7.01. The van der Waals surface area contributed by atoms with E-state index in [2.05, 4.69) is 10.6 Å². The first-order chi connectivity index (χ1) is 14.3. The van der Waals surface area contributed by atoms with Crippen molar-refractivity contribution >= 4 is 23.5 Å². The number of rotatable bonds is 4. The molecule has 1 fully saturated rings. The number of nitrogens with zero attached hydrogens (tertiary/aromatic N) is 1. The van der Waals surface area contributed by atoms with Gasteiger partial charge in [0.25, 0.3) is 5.91 Å². The first kappa shape index (κ1) is 19.6. The highest BCUT2D eigenvalue weighted by Gasteiger charge is 2.49. The van der Waals surface area contributed by atoms with Gasteiger partial charge in [0, 0.05) is 11.8 Å². The summed E-state index contributed by atoms with van der Waals surface area (Å²) in [6.45, 7) is 1.67. The molecule has 2 aromatic carbocycles. The van der Waals surface area contributed by atoms with Gasteiger partial charge in [-0.3, -0.25) is 14.5 Å². The molecule has 4 amide bonds. The highest BCUT2D eigenvalue weighted by atomic mass is 19.1. The van der Waals surface area contributed by atoms with Crippen LogP contribution in [-0.4, -0.2) is 42.5 Å². The van der Waals surface area contributed by atoms with Crippen LogP contribution in [0.2, 0.25) is 0 Å². The van der Waals surface area contributed by atoms with Crippen LogP contribution in [0.15, 0.2) is 36.4 Å². The summed E-state index contributed by atoms with van der Waals surface area (Å²) >= 11 is 0. The highest BCUT2D eigenvalue weighted by Crippen LogP contribution is 2.36. The fraction of sp³-hybridized carbons (Fsp3) is 0.250. The summed E-state index contributed by atoms with van der Waals surface area (Å²) in [5.41, 5.74) is -1.09. The molecular formula is C20H17F2N3O5.